The summed E-state index contributed by atoms with van der Waals surface area (Å²) in [4.78, 5) is 0. The molecule has 0 aliphatic heterocycles. The molecular weight excluding hydrogens is 246 g/mol. The average molecular weight is 270 g/mol. The molecule has 0 radical (unpaired) electrons. The predicted octanol–water partition coefficient (Wildman–Crippen LogP) is 3.68. The maximum Gasteiger partial charge on any atom is 0.0480 e. The van der Waals surface area contributed by atoms with Gasteiger partial charge in [-0.2, -0.15) is 0 Å². The number of nitrogens with one attached hydrogen (secondary N) is 1. The molecule has 0 aromatic heterocycles. The molecule has 1 N–H and O–H groups in total. The van der Waals surface area contributed by atoms with E-state index < -0.39 is 0 Å². The second-order valence-electron chi connectivity index (χ2n) is 4.49. The molecule has 1 rings (SSSR count). The van der Waals surface area contributed by atoms with Gasteiger partial charge in [0.2, 0.25) is 0 Å². The van der Waals surface area contributed by atoms with E-state index in [9.17, 15) is 0 Å². The van der Waals surface area contributed by atoms with Crippen molar-refractivity contribution in [3.8, 4) is 0 Å². The molecule has 0 saturated carbocycles. The van der Waals surface area contributed by atoms with Gasteiger partial charge in [0, 0.05) is 24.3 Å². The molecule has 0 saturated heterocycles. The smallest absolute Gasteiger partial charge is 0.0480 e. The van der Waals surface area contributed by atoms with Gasteiger partial charge in [-0.1, -0.05) is 37.6 Å². The van der Waals surface area contributed by atoms with Gasteiger partial charge in [0.15, 0.2) is 0 Å². The average Bonchev–Trinajstić information content (AvgIpc) is 2.37. The summed E-state index contributed by atoms with van der Waals surface area (Å²) >= 11 is 5.89. The van der Waals surface area contributed by atoms with Crippen molar-refractivity contribution in [2.24, 2.45) is 0 Å². The lowest BCUT2D eigenvalue weighted by Crippen LogP contribution is -2.32. The van der Waals surface area contributed by atoms with Gasteiger partial charge < -0.3 is 10.1 Å². The third-order valence-electron chi connectivity index (χ3n) is 2.85. The second-order valence-corrected chi connectivity index (χ2v) is 4.92. The molecule has 0 aliphatic rings. The molecule has 1 atom stereocenters. The monoisotopic (exact) mass is 269 g/mol. The van der Waals surface area contributed by atoms with Crippen LogP contribution in [0.3, 0.4) is 0 Å². The number of rotatable bonds is 9. The highest BCUT2D eigenvalue weighted by Gasteiger charge is 2.08. The topological polar surface area (TPSA) is 21.3 Å². The first-order chi connectivity index (χ1) is 8.76. The summed E-state index contributed by atoms with van der Waals surface area (Å²) in [7, 11) is 0. The quantitative estimate of drug-likeness (QED) is 0.691. The summed E-state index contributed by atoms with van der Waals surface area (Å²) in [5, 5.41) is 4.31. The molecule has 0 heterocycles. The van der Waals surface area contributed by atoms with Crippen molar-refractivity contribution < 1.29 is 4.74 Å². The number of ether oxygens (including phenoxy) is 1. The van der Waals surface area contributed by atoms with Crippen LogP contribution in [0.1, 0.15) is 32.3 Å². The fourth-order valence-electron chi connectivity index (χ4n) is 1.94. The molecule has 1 aromatic carbocycles. The van der Waals surface area contributed by atoms with Crippen LogP contribution >= 0.6 is 11.6 Å². The van der Waals surface area contributed by atoms with E-state index in [1.54, 1.807) is 0 Å². The number of halogens is 1. The highest BCUT2D eigenvalue weighted by molar-refractivity contribution is 6.30. The fourth-order valence-corrected chi connectivity index (χ4v) is 2.07. The highest BCUT2D eigenvalue weighted by Crippen LogP contribution is 2.12. The van der Waals surface area contributed by atoms with Gasteiger partial charge in [-0.3, -0.25) is 0 Å². The summed E-state index contributed by atoms with van der Waals surface area (Å²) < 4.78 is 5.56. The predicted molar refractivity (Wildman–Crippen MR) is 78.3 cm³/mol. The van der Waals surface area contributed by atoms with E-state index in [2.05, 4.69) is 31.3 Å². The van der Waals surface area contributed by atoms with Crippen molar-refractivity contribution in [1.82, 2.24) is 5.32 Å². The van der Waals surface area contributed by atoms with Crippen LogP contribution in [0.4, 0.5) is 0 Å². The van der Waals surface area contributed by atoms with E-state index in [0.717, 1.165) is 44.0 Å². The summed E-state index contributed by atoms with van der Waals surface area (Å²) in [6.45, 7) is 6.96. The lowest BCUT2D eigenvalue weighted by atomic mass is 10.0. The van der Waals surface area contributed by atoms with Gasteiger partial charge in [-0.15, -0.1) is 0 Å². The standard InChI is InChI=1S/C15H24ClNO/c1-3-10-18-11-9-15(17-4-2)12-13-5-7-14(16)8-6-13/h5-8,15,17H,3-4,9-12H2,1-2H3. The van der Waals surface area contributed by atoms with Gasteiger partial charge in [-0.25, -0.2) is 0 Å². The SMILES string of the molecule is CCCOCCC(Cc1ccc(Cl)cc1)NCC. The molecule has 18 heavy (non-hydrogen) atoms. The number of benzene rings is 1. The zero-order valence-electron chi connectivity index (χ0n) is 11.4. The number of hydrogen-bond donors (Lipinski definition) is 1. The Kier molecular flexibility index (Phi) is 8.06. The van der Waals surface area contributed by atoms with Crippen molar-refractivity contribution in [2.75, 3.05) is 19.8 Å². The lowest BCUT2D eigenvalue weighted by molar-refractivity contribution is 0.124. The lowest BCUT2D eigenvalue weighted by Gasteiger charge is -2.18. The Morgan fingerprint density at radius 1 is 1.17 bits per heavy atom. The van der Waals surface area contributed by atoms with Gasteiger partial charge in [0.25, 0.3) is 0 Å². The zero-order valence-corrected chi connectivity index (χ0v) is 12.2. The van der Waals surface area contributed by atoms with Crippen molar-refractivity contribution in [2.45, 2.75) is 39.2 Å². The Hall–Kier alpha value is -0.570. The maximum absolute atomic E-state index is 5.89. The molecule has 0 fully saturated rings. The minimum absolute atomic E-state index is 0.480. The van der Waals surface area contributed by atoms with Crippen LogP contribution in [0.5, 0.6) is 0 Å². The maximum atomic E-state index is 5.89. The van der Waals surface area contributed by atoms with Crippen LogP contribution in [0, 0.1) is 0 Å². The Bertz CT molecular complexity index is 313. The van der Waals surface area contributed by atoms with Gasteiger partial charge in [0.1, 0.15) is 0 Å². The number of hydrogen-bond acceptors (Lipinski definition) is 2. The van der Waals surface area contributed by atoms with Crippen molar-refractivity contribution in [1.29, 1.82) is 0 Å². The minimum Gasteiger partial charge on any atom is -0.381 e. The van der Waals surface area contributed by atoms with Gasteiger partial charge >= 0.3 is 0 Å². The van der Waals surface area contributed by atoms with Crippen LogP contribution < -0.4 is 5.32 Å². The van der Waals surface area contributed by atoms with Gasteiger partial charge in [-0.05, 0) is 43.5 Å². The molecular formula is C15H24ClNO. The minimum atomic E-state index is 0.480. The molecule has 0 bridgehead atoms. The molecule has 1 unspecified atom stereocenters. The number of likely N-dealkylation sites (N-methyl/N-ethyl adjacent to an activating group) is 1. The second kappa shape index (κ2) is 9.37. The van der Waals surface area contributed by atoms with E-state index in [-0.39, 0.29) is 0 Å². The largest absolute Gasteiger partial charge is 0.381 e. The summed E-state index contributed by atoms with van der Waals surface area (Å²) in [6.07, 6.45) is 3.17. The molecule has 0 amide bonds. The Labute approximate surface area is 116 Å². The molecule has 0 aliphatic carbocycles. The zero-order chi connectivity index (χ0) is 13.2. The Morgan fingerprint density at radius 3 is 2.50 bits per heavy atom. The Morgan fingerprint density at radius 2 is 1.89 bits per heavy atom. The summed E-state index contributed by atoms with van der Waals surface area (Å²) in [5.41, 5.74) is 1.32. The van der Waals surface area contributed by atoms with Crippen LogP contribution in [0.25, 0.3) is 0 Å². The third kappa shape index (κ3) is 6.39. The van der Waals surface area contributed by atoms with Crippen LogP contribution in [-0.2, 0) is 11.2 Å². The first kappa shape index (κ1) is 15.5. The highest BCUT2D eigenvalue weighted by atomic mass is 35.5. The van der Waals surface area contributed by atoms with E-state index in [1.165, 1.54) is 5.56 Å². The molecule has 3 heteroatoms. The first-order valence-electron chi connectivity index (χ1n) is 6.81. The molecule has 0 spiro atoms. The third-order valence-corrected chi connectivity index (χ3v) is 3.10. The van der Waals surface area contributed by atoms with Crippen molar-refractivity contribution >= 4 is 11.6 Å². The van der Waals surface area contributed by atoms with Crippen LogP contribution in [0.15, 0.2) is 24.3 Å². The van der Waals surface area contributed by atoms with E-state index >= 15 is 0 Å². The Balaban J connectivity index is 2.38. The normalized spacial score (nSPS) is 12.6. The van der Waals surface area contributed by atoms with Crippen molar-refractivity contribution in [3.63, 3.8) is 0 Å². The summed E-state index contributed by atoms with van der Waals surface area (Å²) in [5.74, 6) is 0. The van der Waals surface area contributed by atoms with E-state index in [0.29, 0.717) is 6.04 Å². The first-order valence-corrected chi connectivity index (χ1v) is 7.19. The van der Waals surface area contributed by atoms with Crippen LogP contribution in [-0.4, -0.2) is 25.8 Å². The van der Waals surface area contributed by atoms with Crippen LogP contribution in [0.2, 0.25) is 5.02 Å². The fraction of sp³-hybridized carbons (Fsp3) is 0.600. The summed E-state index contributed by atoms with van der Waals surface area (Å²) in [6, 6.07) is 8.58. The van der Waals surface area contributed by atoms with E-state index in [1.807, 2.05) is 12.1 Å². The molecule has 102 valence electrons. The van der Waals surface area contributed by atoms with Crippen molar-refractivity contribution in [3.05, 3.63) is 34.9 Å². The molecule has 1 aromatic rings. The van der Waals surface area contributed by atoms with Gasteiger partial charge in [0.05, 0.1) is 0 Å². The van der Waals surface area contributed by atoms with E-state index in [4.69, 9.17) is 16.3 Å². The molecule has 2 nitrogen and oxygen atoms in total.